The minimum absolute atomic E-state index is 0.241. The molecule has 0 amide bonds. The molecule has 0 aliphatic rings. The van der Waals surface area contributed by atoms with Crippen molar-refractivity contribution in [3.05, 3.63) is 66.4 Å². The van der Waals surface area contributed by atoms with Crippen LogP contribution in [-0.2, 0) is 6.54 Å². The summed E-state index contributed by atoms with van der Waals surface area (Å²) >= 11 is 0. The van der Waals surface area contributed by atoms with Gasteiger partial charge in [-0.3, -0.25) is 10.1 Å². The number of benzene rings is 1. The van der Waals surface area contributed by atoms with Gasteiger partial charge in [-0.15, -0.1) is 0 Å². The van der Waals surface area contributed by atoms with E-state index < -0.39 is 0 Å². The predicted molar refractivity (Wildman–Crippen MR) is 88.4 cm³/mol. The molecular formula is C17H18FN5. The van der Waals surface area contributed by atoms with Gasteiger partial charge in [-0.05, 0) is 36.4 Å². The number of halogens is 1. The van der Waals surface area contributed by atoms with Crippen LogP contribution in [0.25, 0.3) is 11.3 Å². The van der Waals surface area contributed by atoms with Crippen molar-refractivity contribution in [3.8, 4) is 11.3 Å². The molecule has 0 saturated heterocycles. The molecule has 0 unspecified atom stereocenters. The highest BCUT2D eigenvalue weighted by atomic mass is 19.1. The molecule has 6 heteroatoms. The van der Waals surface area contributed by atoms with Gasteiger partial charge in [-0.25, -0.2) is 4.39 Å². The van der Waals surface area contributed by atoms with E-state index in [1.807, 2.05) is 12.1 Å². The standard InChI is InChI=1S/C17H18FN5/c18-15-5-3-13(4-6-15)17-14(11-22-23-17)10-20-8-9-21-16-2-1-7-19-12-16/h1-7,11-12,20-21H,8-10H2,(H,22,23). The number of hydrogen-bond acceptors (Lipinski definition) is 4. The van der Waals surface area contributed by atoms with Gasteiger partial charge in [0.15, 0.2) is 0 Å². The summed E-state index contributed by atoms with van der Waals surface area (Å²) in [4.78, 5) is 4.05. The highest BCUT2D eigenvalue weighted by Crippen LogP contribution is 2.21. The van der Waals surface area contributed by atoms with Crippen molar-refractivity contribution in [2.75, 3.05) is 18.4 Å². The SMILES string of the molecule is Fc1ccc(-c2[nH]ncc2CNCCNc2cccnc2)cc1. The lowest BCUT2D eigenvalue weighted by atomic mass is 10.1. The van der Waals surface area contributed by atoms with Crippen LogP contribution in [0.3, 0.4) is 0 Å². The molecule has 3 N–H and O–H groups in total. The Morgan fingerprint density at radius 1 is 1.04 bits per heavy atom. The molecule has 0 radical (unpaired) electrons. The molecule has 2 aromatic heterocycles. The molecule has 23 heavy (non-hydrogen) atoms. The maximum absolute atomic E-state index is 13.0. The lowest BCUT2D eigenvalue weighted by molar-refractivity contribution is 0.628. The number of aromatic nitrogens is 3. The summed E-state index contributed by atoms with van der Waals surface area (Å²) in [5, 5.41) is 13.7. The quantitative estimate of drug-likeness (QED) is 0.587. The molecule has 3 aromatic rings. The van der Waals surface area contributed by atoms with Gasteiger partial charge in [0.05, 0.1) is 17.6 Å². The van der Waals surface area contributed by atoms with Crippen molar-refractivity contribution in [2.45, 2.75) is 6.54 Å². The van der Waals surface area contributed by atoms with Crippen molar-refractivity contribution in [1.82, 2.24) is 20.5 Å². The van der Waals surface area contributed by atoms with Crippen molar-refractivity contribution in [3.63, 3.8) is 0 Å². The smallest absolute Gasteiger partial charge is 0.123 e. The second-order valence-corrected chi connectivity index (χ2v) is 5.12. The lowest BCUT2D eigenvalue weighted by Crippen LogP contribution is -2.21. The molecule has 118 valence electrons. The van der Waals surface area contributed by atoms with Crippen LogP contribution in [0.1, 0.15) is 5.56 Å². The molecule has 0 bridgehead atoms. The first kappa shape index (κ1) is 15.2. The third kappa shape index (κ3) is 4.14. The average molecular weight is 311 g/mol. The van der Waals surface area contributed by atoms with Gasteiger partial charge in [-0.2, -0.15) is 5.10 Å². The normalized spacial score (nSPS) is 10.7. The van der Waals surface area contributed by atoms with Crippen LogP contribution in [0.15, 0.2) is 55.0 Å². The second-order valence-electron chi connectivity index (χ2n) is 5.12. The summed E-state index contributed by atoms with van der Waals surface area (Å²) < 4.78 is 13.0. The van der Waals surface area contributed by atoms with Gasteiger partial charge in [0, 0.05) is 43.2 Å². The Morgan fingerprint density at radius 3 is 2.70 bits per heavy atom. The number of rotatable bonds is 7. The third-order valence-electron chi connectivity index (χ3n) is 3.46. The highest BCUT2D eigenvalue weighted by molar-refractivity contribution is 5.62. The van der Waals surface area contributed by atoms with E-state index in [-0.39, 0.29) is 5.82 Å². The van der Waals surface area contributed by atoms with Crippen molar-refractivity contribution >= 4 is 5.69 Å². The number of nitrogens with one attached hydrogen (secondary N) is 3. The Balaban J connectivity index is 1.49. The number of H-pyrrole nitrogens is 1. The van der Waals surface area contributed by atoms with Gasteiger partial charge < -0.3 is 10.6 Å². The maximum Gasteiger partial charge on any atom is 0.123 e. The van der Waals surface area contributed by atoms with Gasteiger partial charge in [-0.1, -0.05) is 0 Å². The van der Waals surface area contributed by atoms with Crippen LogP contribution in [0, 0.1) is 5.82 Å². The van der Waals surface area contributed by atoms with Crippen LogP contribution in [0.2, 0.25) is 0 Å². The Bertz CT molecular complexity index is 724. The van der Waals surface area contributed by atoms with Crippen molar-refractivity contribution < 1.29 is 4.39 Å². The van der Waals surface area contributed by atoms with E-state index in [2.05, 4.69) is 25.8 Å². The zero-order chi connectivity index (χ0) is 15.9. The summed E-state index contributed by atoms with van der Waals surface area (Å²) in [5.41, 5.74) is 3.90. The summed E-state index contributed by atoms with van der Waals surface area (Å²) in [6.45, 7) is 2.30. The van der Waals surface area contributed by atoms with Crippen LogP contribution >= 0.6 is 0 Å². The Hall–Kier alpha value is -2.73. The molecule has 0 atom stereocenters. The van der Waals surface area contributed by atoms with Crippen molar-refractivity contribution in [2.24, 2.45) is 0 Å². The van der Waals surface area contributed by atoms with E-state index in [1.54, 1.807) is 30.7 Å². The summed E-state index contributed by atoms with van der Waals surface area (Å²) in [6, 6.07) is 10.3. The monoisotopic (exact) mass is 311 g/mol. The first-order chi connectivity index (χ1) is 11.3. The summed E-state index contributed by atoms with van der Waals surface area (Å²) in [5.74, 6) is -0.241. The van der Waals surface area contributed by atoms with E-state index in [9.17, 15) is 4.39 Å². The van der Waals surface area contributed by atoms with E-state index in [1.165, 1.54) is 12.1 Å². The number of pyridine rings is 1. The second kappa shape index (κ2) is 7.51. The van der Waals surface area contributed by atoms with Crippen molar-refractivity contribution in [1.29, 1.82) is 0 Å². The summed E-state index contributed by atoms with van der Waals surface area (Å²) in [7, 11) is 0. The number of anilines is 1. The molecule has 0 aliphatic heterocycles. The molecular weight excluding hydrogens is 293 g/mol. The molecule has 3 rings (SSSR count). The predicted octanol–water partition coefficient (Wildman–Crippen LogP) is 2.81. The average Bonchev–Trinajstić information content (AvgIpc) is 3.05. The van der Waals surface area contributed by atoms with Gasteiger partial charge in [0.1, 0.15) is 5.82 Å². The Labute approximate surface area is 134 Å². The fourth-order valence-electron chi connectivity index (χ4n) is 2.30. The van der Waals surface area contributed by atoms with Crippen LogP contribution in [0.4, 0.5) is 10.1 Å². The lowest BCUT2D eigenvalue weighted by Gasteiger charge is -2.08. The number of nitrogens with zero attached hydrogens (tertiary/aromatic N) is 2. The molecule has 0 aliphatic carbocycles. The van der Waals surface area contributed by atoms with Gasteiger partial charge in [0.2, 0.25) is 0 Å². The van der Waals surface area contributed by atoms with E-state index in [4.69, 9.17) is 0 Å². The van der Waals surface area contributed by atoms with Gasteiger partial charge >= 0.3 is 0 Å². The Morgan fingerprint density at radius 2 is 1.91 bits per heavy atom. The largest absolute Gasteiger partial charge is 0.383 e. The topological polar surface area (TPSA) is 65.6 Å². The molecule has 5 nitrogen and oxygen atoms in total. The molecule has 0 fully saturated rings. The third-order valence-corrected chi connectivity index (χ3v) is 3.46. The zero-order valence-electron chi connectivity index (χ0n) is 12.6. The maximum atomic E-state index is 13.0. The number of aromatic amines is 1. The molecule has 0 spiro atoms. The molecule has 2 heterocycles. The van der Waals surface area contributed by atoms with E-state index in [0.717, 1.165) is 35.6 Å². The van der Waals surface area contributed by atoms with E-state index >= 15 is 0 Å². The minimum Gasteiger partial charge on any atom is -0.383 e. The summed E-state index contributed by atoms with van der Waals surface area (Å²) in [6.07, 6.45) is 5.34. The van der Waals surface area contributed by atoms with Crippen LogP contribution in [0.5, 0.6) is 0 Å². The van der Waals surface area contributed by atoms with Gasteiger partial charge in [0.25, 0.3) is 0 Å². The first-order valence-corrected chi connectivity index (χ1v) is 7.46. The first-order valence-electron chi connectivity index (χ1n) is 7.46. The Kier molecular flexibility index (Phi) is 4.95. The highest BCUT2D eigenvalue weighted by Gasteiger charge is 2.07. The van der Waals surface area contributed by atoms with E-state index in [0.29, 0.717) is 6.54 Å². The van der Waals surface area contributed by atoms with Crippen LogP contribution in [-0.4, -0.2) is 28.3 Å². The minimum atomic E-state index is -0.241. The molecule has 0 saturated carbocycles. The zero-order valence-corrected chi connectivity index (χ0v) is 12.6. The fourth-order valence-corrected chi connectivity index (χ4v) is 2.30. The molecule has 1 aromatic carbocycles. The number of hydrogen-bond donors (Lipinski definition) is 3. The fraction of sp³-hybridized carbons (Fsp3) is 0.176. The van der Waals surface area contributed by atoms with Crippen LogP contribution < -0.4 is 10.6 Å².